The van der Waals surface area contributed by atoms with E-state index in [1.165, 1.54) is 18.0 Å². The third kappa shape index (κ3) is 4.77. The maximum atomic E-state index is 12.7. The van der Waals surface area contributed by atoms with E-state index in [1.54, 1.807) is 18.3 Å². The van der Waals surface area contributed by atoms with Crippen LogP contribution in [-0.2, 0) is 4.79 Å². The number of nitrogens with zero attached hydrogens (tertiary/aromatic N) is 4. The first-order chi connectivity index (χ1) is 16.1. The summed E-state index contributed by atoms with van der Waals surface area (Å²) in [4.78, 5) is 36.3. The van der Waals surface area contributed by atoms with Crippen molar-refractivity contribution in [3.05, 3.63) is 64.0 Å². The number of carbonyl (C=O) groups is 2. The fourth-order valence-electron chi connectivity index (χ4n) is 4.39. The monoisotopic (exact) mass is 481 g/mol. The number of likely N-dealkylation sites (tertiary alicyclic amines) is 1. The van der Waals surface area contributed by atoms with Gasteiger partial charge in [-0.15, -0.1) is 0 Å². The number of piperidine rings is 1. The molecule has 5 rings (SSSR count). The SMILES string of the molecule is O=C(NCCCC1CCN(C(=O)c2ccc(Cl)nc2)CC1)C1=Cc2cnc3cccc(n23)S1. The fourth-order valence-corrected chi connectivity index (χ4v) is 5.51. The number of halogens is 1. The molecule has 0 bridgehead atoms. The number of imidazole rings is 1. The Balaban J connectivity index is 1.05. The van der Waals surface area contributed by atoms with E-state index in [1.807, 2.05) is 29.2 Å². The number of nitrogens with one attached hydrogen (secondary N) is 1. The van der Waals surface area contributed by atoms with E-state index in [-0.39, 0.29) is 11.8 Å². The molecule has 0 radical (unpaired) electrons. The lowest BCUT2D eigenvalue weighted by Crippen LogP contribution is -2.38. The number of hydrogen-bond acceptors (Lipinski definition) is 5. The highest BCUT2D eigenvalue weighted by molar-refractivity contribution is 8.04. The smallest absolute Gasteiger partial charge is 0.258 e. The lowest BCUT2D eigenvalue weighted by Gasteiger charge is -2.32. The van der Waals surface area contributed by atoms with E-state index < -0.39 is 0 Å². The van der Waals surface area contributed by atoms with Crippen LogP contribution in [0.1, 0.15) is 41.7 Å². The first kappa shape index (κ1) is 22.0. The van der Waals surface area contributed by atoms with Gasteiger partial charge >= 0.3 is 0 Å². The molecule has 2 amide bonds. The summed E-state index contributed by atoms with van der Waals surface area (Å²) in [6, 6.07) is 9.29. The molecular weight excluding hydrogens is 458 g/mol. The van der Waals surface area contributed by atoms with Gasteiger partial charge in [-0.2, -0.15) is 0 Å². The number of amides is 2. The number of aromatic nitrogens is 3. The van der Waals surface area contributed by atoms with Gasteiger partial charge in [0.15, 0.2) is 0 Å². The zero-order valence-electron chi connectivity index (χ0n) is 18.0. The minimum absolute atomic E-state index is 0.0140. The summed E-state index contributed by atoms with van der Waals surface area (Å²) in [5, 5.41) is 4.45. The van der Waals surface area contributed by atoms with Crippen molar-refractivity contribution < 1.29 is 9.59 Å². The molecule has 0 unspecified atom stereocenters. The van der Waals surface area contributed by atoms with Crippen LogP contribution in [0.3, 0.4) is 0 Å². The molecule has 7 nitrogen and oxygen atoms in total. The van der Waals surface area contributed by atoms with Gasteiger partial charge in [-0.3, -0.25) is 14.0 Å². The molecule has 2 aliphatic heterocycles. The minimum Gasteiger partial charge on any atom is -0.352 e. The van der Waals surface area contributed by atoms with Gasteiger partial charge in [0.2, 0.25) is 0 Å². The molecule has 3 aromatic heterocycles. The predicted octanol–water partition coefficient (Wildman–Crippen LogP) is 4.28. The number of pyridine rings is 2. The Morgan fingerprint density at radius 3 is 2.76 bits per heavy atom. The van der Waals surface area contributed by atoms with Crippen LogP contribution in [0.2, 0.25) is 5.15 Å². The summed E-state index contributed by atoms with van der Waals surface area (Å²) in [6.07, 6.45) is 9.17. The number of thioether (sulfide) groups is 1. The summed E-state index contributed by atoms with van der Waals surface area (Å²) < 4.78 is 2.06. The predicted molar refractivity (Wildman–Crippen MR) is 129 cm³/mol. The summed E-state index contributed by atoms with van der Waals surface area (Å²) in [5.41, 5.74) is 2.40. The van der Waals surface area contributed by atoms with E-state index in [4.69, 9.17) is 11.6 Å². The molecule has 2 aliphatic rings. The topological polar surface area (TPSA) is 79.6 Å². The van der Waals surface area contributed by atoms with E-state index >= 15 is 0 Å². The van der Waals surface area contributed by atoms with Crippen molar-refractivity contribution in [2.24, 2.45) is 5.92 Å². The van der Waals surface area contributed by atoms with Crippen molar-refractivity contribution in [2.75, 3.05) is 19.6 Å². The zero-order valence-corrected chi connectivity index (χ0v) is 19.6. The lowest BCUT2D eigenvalue weighted by atomic mass is 9.92. The highest BCUT2D eigenvalue weighted by Crippen LogP contribution is 2.34. The minimum atomic E-state index is -0.0403. The van der Waals surface area contributed by atoms with Gasteiger partial charge in [0.05, 0.1) is 27.4 Å². The largest absolute Gasteiger partial charge is 0.352 e. The van der Waals surface area contributed by atoms with Gasteiger partial charge in [-0.1, -0.05) is 29.4 Å². The molecule has 0 spiro atoms. The average Bonchev–Trinajstić information content (AvgIpc) is 3.26. The van der Waals surface area contributed by atoms with Crippen LogP contribution in [0.5, 0.6) is 0 Å². The molecule has 33 heavy (non-hydrogen) atoms. The first-order valence-corrected chi connectivity index (χ1v) is 12.3. The second-order valence-electron chi connectivity index (χ2n) is 8.35. The van der Waals surface area contributed by atoms with Gasteiger partial charge in [0.25, 0.3) is 11.8 Å². The van der Waals surface area contributed by atoms with Crippen molar-refractivity contribution >= 4 is 46.9 Å². The Kier molecular flexibility index (Phi) is 6.37. The molecule has 0 atom stereocenters. The molecule has 9 heteroatoms. The third-order valence-electron chi connectivity index (χ3n) is 6.19. The molecule has 0 aliphatic carbocycles. The van der Waals surface area contributed by atoms with Crippen LogP contribution >= 0.6 is 23.4 Å². The summed E-state index contributed by atoms with van der Waals surface area (Å²) in [7, 11) is 0. The van der Waals surface area contributed by atoms with E-state index in [9.17, 15) is 9.59 Å². The van der Waals surface area contributed by atoms with Crippen molar-refractivity contribution in [3.63, 3.8) is 0 Å². The number of rotatable bonds is 6. The fraction of sp³-hybridized carbons (Fsp3) is 0.333. The molecular formula is C24H24ClN5O2S. The molecule has 170 valence electrons. The van der Waals surface area contributed by atoms with Crippen molar-refractivity contribution in [2.45, 2.75) is 30.7 Å². The van der Waals surface area contributed by atoms with Gasteiger partial charge < -0.3 is 10.2 Å². The highest BCUT2D eigenvalue weighted by Gasteiger charge is 2.24. The van der Waals surface area contributed by atoms with Crippen LogP contribution in [0.15, 0.2) is 52.7 Å². The van der Waals surface area contributed by atoms with Crippen molar-refractivity contribution in [3.8, 4) is 0 Å². The Morgan fingerprint density at radius 1 is 1.12 bits per heavy atom. The summed E-state index contributed by atoms with van der Waals surface area (Å²) in [6.45, 7) is 2.15. The van der Waals surface area contributed by atoms with Gasteiger partial charge in [0.1, 0.15) is 10.8 Å². The van der Waals surface area contributed by atoms with Gasteiger partial charge in [0, 0.05) is 25.8 Å². The lowest BCUT2D eigenvalue weighted by molar-refractivity contribution is -0.116. The van der Waals surface area contributed by atoms with Crippen LogP contribution < -0.4 is 5.32 Å². The van der Waals surface area contributed by atoms with Crippen molar-refractivity contribution in [1.29, 1.82) is 0 Å². The third-order valence-corrected chi connectivity index (χ3v) is 7.46. The highest BCUT2D eigenvalue weighted by atomic mass is 35.5. The Labute approximate surface area is 201 Å². The maximum Gasteiger partial charge on any atom is 0.258 e. The second-order valence-corrected chi connectivity index (χ2v) is 9.80. The Bertz CT molecular complexity index is 1220. The summed E-state index contributed by atoms with van der Waals surface area (Å²) >= 11 is 7.28. The molecule has 0 saturated carbocycles. The normalized spacial score (nSPS) is 16.0. The van der Waals surface area contributed by atoms with Gasteiger partial charge in [-0.25, -0.2) is 9.97 Å². The quantitative estimate of drug-likeness (QED) is 0.420. The maximum absolute atomic E-state index is 12.7. The van der Waals surface area contributed by atoms with Gasteiger partial charge in [-0.05, 0) is 61.9 Å². The first-order valence-electron chi connectivity index (χ1n) is 11.1. The molecule has 0 aromatic carbocycles. The molecule has 3 aromatic rings. The number of hydrogen-bond donors (Lipinski definition) is 1. The van der Waals surface area contributed by atoms with E-state index in [2.05, 4.69) is 19.7 Å². The zero-order chi connectivity index (χ0) is 22.8. The number of carbonyl (C=O) groups excluding carboxylic acids is 2. The van der Waals surface area contributed by atoms with Crippen molar-refractivity contribution in [1.82, 2.24) is 24.6 Å². The second kappa shape index (κ2) is 9.57. The van der Waals surface area contributed by atoms with E-state index in [0.29, 0.717) is 28.1 Å². The molecule has 1 saturated heterocycles. The van der Waals surface area contributed by atoms with E-state index in [0.717, 1.165) is 55.1 Å². The van der Waals surface area contributed by atoms with Crippen LogP contribution in [-0.4, -0.2) is 50.7 Å². The Hall–Kier alpha value is -2.84. The average molecular weight is 482 g/mol. The van der Waals surface area contributed by atoms with Crippen LogP contribution in [0.4, 0.5) is 0 Å². The molecule has 1 fully saturated rings. The molecule has 1 N–H and O–H groups in total. The van der Waals surface area contributed by atoms with Crippen LogP contribution in [0, 0.1) is 5.92 Å². The van der Waals surface area contributed by atoms with Crippen LogP contribution in [0.25, 0.3) is 11.7 Å². The molecule has 5 heterocycles. The summed E-state index contributed by atoms with van der Waals surface area (Å²) in [5.74, 6) is 0.547. The Morgan fingerprint density at radius 2 is 1.97 bits per heavy atom. The standard InChI is InChI=1S/C24H24ClN5O2S/c25-20-7-6-17(14-27-20)24(32)29-11-8-16(9-12-29)3-2-10-26-23(31)19-13-18-15-28-21-4-1-5-22(33-19)30(18)21/h1,4-7,13-16H,2-3,8-12H2,(H,26,31).